The van der Waals surface area contributed by atoms with Gasteiger partial charge in [-0.25, -0.2) is 8.78 Å². The van der Waals surface area contributed by atoms with E-state index in [4.69, 9.17) is 9.47 Å². The van der Waals surface area contributed by atoms with Gasteiger partial charge in [0, 0.05) is 0 Å². The fourth-order valence-corrected chi connectivity index (χ4v) is 2.31. The Morgan fingerprint density at radius 3 is 1.19 bits per heavy atom. The lowest BCUT2D eigenvalue weighted by Crippen LogP contribution is -2.08. The van der Waals surface area contributed by atoms with Crippen molar-refractivity contribution in [1.29, 1.82) is 0 Å². The van der Waals surface area contributed by atoms with Crippen LogP contribution in [0.25, 0.3) is 0 Å². The molecule has 0 aliphatic heterocycles. The van der Waals surface area contributed by atoms with Crippen LogP contribution in [0, 0.1) is 23.3 Å². The summed E-state index contributed by atoms with van der Waals surface area (Å²) in [5.74, 6) is -8.77. The van der Waals surface area contributed by atoms with E-state index < -0.39 is 34.8 Å². The summed E-state index contributed by atoms with van der Waals surface area (Å²) in [7, 11) is 0. The number of hydrogen-bond acceptors (Lipinski definition) is 2. The van der Waals surface area contributed by atoms with E-state index >= 15 is 0 Å². The minimum absolute atomic E-state index is 0.163. The first-order valence-corrected chi connectivity index (χ1v) is 7.77. The Labute approximate surface area is 147 Å². The largest absolute Gasteiger partial charge is 0.482 e. The van der Waals surface area contributed by atoms with Gasteiger partial charge in [-0.05, 0) is 11.1 Å². The van der Waals surface area contributed by atoms with Gasteiger partial charge in [0.2, 0.25) is 34.8 Å². The molecule has 0 saturated carbocycles. The molecule has 6 heteroatoms. The van der Waals surface area contributed by atoms with Crippen LogP contribution in [0.1, 0.15) is 11.1 Å². The summed E-state index contributed by atoms with van der Waals surface area (Å²) in [6.07, 6.45) is 0. The standard InChI is InChI=1S/C20H14F4O2/c21-15-16(22)18(24)20(26-12-14-9-5-2-6-10-14)19(17(15)23)25-11-13-7-3-1-4-8-13/h1-10H,11-12H2. The van der Waals surface area contributed by atoms with Gasteiger partial charge in [0.15, 0.2) is 0 Å². The van der Waals surface area contributed by atoms with Crippen LogP contribution in [0.15, 0.2) is 60.7 Å². The van der Waals surface area contributed by atoms with Crippen molar-refractivity contribution in [3.8, 4) is 11.5 Å². The highest BCUT2D eigenvalue weighted by Crippen LogP contribution is 2.38. The van der Waals surface area contributed by atoms with Crippen molar-refractivity contribution in [2.45, 2.75) is 13.2 Å². The maximum absolute atomic E-state index is 14.1. The van der Waals surface area contributed by atoms with Crippen molar-refractivity contribution in [2.75, 3.05) is 0 Å². The second-order valence-corrected chi connectivity index (χ2v) is 5.46. The smallest absolute Gasteiger partial charge is 0.207 e. The molecule has 0 atom stereocenters. The Hall–Kier alpha value is -3.02. The third-order valence-electron chi connectivity index (χ3n) is 3.64. The number of halogens is 4. The van der Waals surface area contributed by atoms with Gasteiger partial charge in [-0.2, -0.15) is 8.78 Å². The van der Waals surface area contributed by atoms with Gasteiger partial charge in [-0.1, -0.05) is 60.7 Å². The molecule has 0 heterocycles. The highest BCUT2D eigenvalue weighted by molar-refractivity contribution is 5.44. The highest BCUT2D eigenvalue weighted by atomic mass is 19.2. The van der Waals surface area contributed by atoms with Gasteiger partial charge in [-0.3, -0.25) is 0 Å². The normalized spacial score (nSPS) is 10.6. The van der Waals surface area contributed by atoms with Crippen LogP contribution in [0.5, 0.6) is 11.5 Å². The molecule has 0 spiro atoms. The summed E-state index contributed by atoms with van der Waals surface area (Å²) in [6.45, 7) is -0.325. The minimum Gasteiger partial charge on any atom is -0.482 e. The van der Waals surface area contributed by atoms with Gasteiger partial charge in [0.05, 0.1) is 0 Å². The van der Waals surface area contributed by atoms with Crippen LogP contribution in [0.3, 0.4) is 0 Å². The van der Waals surface area contributed by atoms with Crippen molar-refractivity contribution in [3.05, 3.63) is 95.1 Å². The Morgan fingerprint density at radius 2 is 0.846 bits per heavy atom. The predicted molar refractivity (Wildman–Crippen MR) is 87.8 cm³/mol. The lowest BCUT2D eigenvalue weighted by atomic mass is 10.2. The van der Waals surface area contributed by atoms with E-state index in [-0.39, 0.29) is 13.2 Å². The molecule has 0 saturated heterocycles. The third-order valence-corrected chi connectivity index (χ3v) is 3.64. The Balaban J connectivity index is 1.90. The minimum atomic E-state index is -1.95. The highest BCUT2D eigenvalue weighted by Gasteiger charge is 2.28. The second kappa shape index (κ2) is 7.91. The molecule has 0 aromatic heterocycles. The van der Waals surface area contributed by atoms with Crippen LogP contribution in [0.4, 0.5) is 17.6 Å². The monoisotopic (exact) mass is 362 g/mol. The molecule has 0 fully saturated rings. The predicted octanol–water partition coefficient (Wildman–Crippen LogP) is 5.40. The average molecular weight is 362 g/mol. The molecule has 3 aromatic carbocycles. The SMILES string of the molecule is Fc1c(F)c(F)c(OCc2ccccc2)c(OCc2ccccc2)c1F. The van der Waals surface area contributed by atoms with E-state index in [2.05, 4.69) is 0 Å². The number of ether oxygens (including phenoxy) is 2. The zero-order valence-corrected chi connectivity index (χ0v) is 13.5. The average Bonchev–Trinajstić information content (AvgIpc) is 2.69. The van der Waals surface area contributed by atoms with E-state index in [1.165, 1.54) is 0 Å². The van der Waals surface area contributed by atoms with E-state index in [1.807, 2.05) is 0 Å². The third kappa shape index (κ3) is 3.79. The van der Waals surface area contributed by atoms with E-state index in [9.17, 15) is 17.6 Å². The van der Waals surface area contributed by atoms with Crippen molar-refractivity contribution in [3.63, 3.8) is 0 Å². The molecular weight excluding hydrogens is 348 g/mol. The second-order valence-electron chi connectivity index (χ2n) is 5.46. The van der Waals surface area contributed by atoms with E-state index in [1.54, 1.807) is 60.7 Å². The maximum atomic E-state index is 14.1. The summed E-state index contributed by atoms with van der Waals surface area (Å²) in [6, 6.07) is 17.2. The lowest BCUT2D eigenvalue weighted by Gasteiger charge is -2.15. The van der Waals surface area contributed by atoms with Crippen LogP contribution >= 0.6 is 0 Å². The zero-order chi connectivity index (χ0) is 18.5. The first-order valence-electron chi connectivity index (χ1n) is 7.77. The summed E-state index contributed by atoms with van der Waals surface area (Å²) in [4.78, 5) is 0. The molecule has 134 valence electrons. The Kier molecular flexibility index (Phi) is 5.41. The summed E-state index contributed by atoms with van der Waals surface area (Å²) in [5.41, 5.74) is 1.29. The van der Waals surface area contributed by atoms with Gasteiger partial charge >= 0.3 is 0 Å². The van der Waals surface area contributed by atoms with Crippen molar-refractivity contribution >= 4 is 0 Å². The van der Waals surface area contributed by atoms with Crippen LogP contribution in [0.2, 0.25) is 0 Å². The summed E-state index contributed by atoms with van der Waals surface area (Å²) in [5, 5.41) is 0. The molecule has 0 unspecified atom stereocenters. The molecule has 0 aliphatic carbocycles. The van der Waals surface area contributed by atoms with Crippen molar-refractivity contribution < 1.29 is 27.0 Å². The van der Waals surface area contributed by atoms with Crippen LogP contribution < -0.4 is 9.47 Å². The Bertz CT molecular complexity index is 809. The molecule has 0 amide bonds. The van der Waals surface area contributed by atoms with Gasteiger partial charge in [-0.15, -0.1) is 0 Å². The van der Waals surface area contributed by atoms with Crippen LogP contribution in [-0.4, -0.2) is 0 Å². The molecule has 0 radical (unpaired) electrons. The summed E-state index contributed by atoms with van der Waals surface area (Å²) < 4.78 is 65.9. The molecule has 0 aliphatic rings. The quantitative estimate of drug-likeness (QED) is 0.332. The van der Waals surface area contributed by atoms with Gasteiger partial charge in [0.25, 0.3) is 0 Å². The molecule has 0 bridgehead atoms. The number of benzene rings is 3. The zero-order valence-electron chi connectivity index (χ0n) is 13.5. The fourth-order valence-electron chi connectivity index (χ4n) is 2.31. The fraction of sp³-hybridized carbons (Fsp3) is 0.100. The Morgan fingerprint density at radius 1 is 0.500 bits per heavy atom. The molecule has 3 aromatic rings. The van der Waals surface area contributed by atoms with E-state index in [0.29, 0.717) is 11.1 Å². The first-order chi connectivity index (χ1) is 12.6. The van der Waals surface area contributed by atoms with Crippen LogP contribution in [-0.2, 0) is 13.2 Å². The van der Waals surface area contributed by atoms with Crippen molar-refractivity contribution in [2.24, 2.45) is 0 Å². The molecule has 0 N–H and O–H groups in total. The molecule has 3 rings (SSSR count). The van der Waals surface area contributed by atoms with E-state index in [0.717, 1.165) is 0 Å². The van der Waals surface area contributed by atoms with Gasteiger partial charge < -0.3 is 9.47 Å². The molecular formula is C20H14F4O2. The van der Waals surface area contributed by atoms with Gasteiger partial charge in [0.1, 0.15) is 13.2 Å². The lowest BCUT2D eigenvalue weighted by molar-refractivity contribution is 0.224. The van der Waals surface area contributed by atoms with Crippen molar-refractivity contribution in [1.82, 2.24) is 0 Å². The summed E-state index contributed by atoms with van der Waals surface area (Å²) >= 11 is 0. The first kappa shape index (κ1) is 17.8. The number of hydrogen-bond donors (Lipinski definition) is 0. The number of rotatable bonds is 6. The maximum Gasteiger partial charge on any atom is 0.207 e. The molecule has 2 nitrogen and oxygen atoms in total. The topological polar surface area (TPSA) is 18.5 Å². The molecule has 26 heavy (non-hydrogen) atoms.